The van der Waals surface area contributed by atoms with Crippen molar-refractivity contribution in [1.29, 1.82) is 0 Å². The van der Waals surface area contributed by atoms with Crippen molar-refractivity contribution < 1.29 is 0 Å². The number of fused-ring (bicyclic) bond motifs is 6. The SMILES string of the molecule is Brc1ccccc1-c1nc(-c2ccccc2)nc(-c2ccc3c4ccccc4c4ccccc4c3c2)n1. The Labute approximate surface area is 222 Å². The predicted molar refractivity (Wildman–Crippen MR) is 156 cm³/mol. The van der Waals surface area contributed by atoms with E-state index in [9.17, 15) is 0 Å². The minimum absolute atomic E-state index is 0.639. The molecule has 1 aromatic heterocycles. The summed E-state index contributed by atoms with van der Waals surface area (Å²) in [5.74, 6) is 1.94. The van der Waals surface area contributed by atoms with Crippen LogP contribution < -0.4 is 0 Å². The van der Waals surface area contributed by atoms with Gasteiger partial charge in [0.2, 0.25) is 0 Å². The maximum Gasteiger partial charge on any atom is 0.165 e. The number of benzene rings is 6. The first kappa shape index (κ1) is 21.8. The number of hydrogen-bond donors (Lipinski definition) is 0. The summed E-state index contributed by atoms with van der Waals surface area (Å²) in [6.45, 7) is 0. The third kappa shape index (κ3) is 3.78. The van der Waals surface area contributed by atoms with E-state index in [1.807, 2.05) is 54.6 Å². The lowest BCUT2D eigenvalue weighted by atomic mass is 9.93. The van der Waals surface area contributed by atoms with Gasteiger partial charge in [0, 0.05) is 21.2 Å². The Morgan fingerprint density at radius 1 is 0.378 bits per heavy atom. The fourth-order valence-electron chi connectivity index (χ4n) is 5.03. The highest BCUT2D eigenvalue weighted by Crippen LogP contribution is 2.37. The van der Waals surface area contributed by atoms with Gasteiger partial charge < -0.3 is 0 Å². The van der Waals surface area contributed by atoms with Crippen molar-refractivity contribution in [2.45, 2.75) is 0 Å². The summed E-state index contributed by atoms with van der Waals surface area (Å²) < 4.78 is 0.946. The molecule has 0 aliphatic rings. The van der Waals surface area contributed by atoms with Gasteiger partial charge in [-0.05, 0) is 44.5 Å². The Balaban J connectivity index is 1.51. The Morgan fingerprint density at radius 3 is 1.51 bits per heavy atom. The third-order valence-electron chi connectivity index (χ3n) is 6.78. The molecule has 0 spiro atoms. The Kier molecular flexibility index (Phi) is 5.26. The number of nitrogens with zero attached hydrogens (tertiary/aromatic N) is 3. The molecule has 3 nitrogen and oxygen atoms in total. The van der Waals surface area contributed by atoms with E-state index in [1.54, 1.807) is 0 Å². The van der Waals surface area contributed by atoms with Crippen molar-refractivity contribution in [2.24, 2.45) is 0 Å². The van der Waals surface area contributed by atoms with Crippen LogP contribution in [0.4, 0.5) is 0 Å². The standard InChI is InChI=1S/C33H20BrN3/c34-30-17-9-8-16-28(30)33-36-31(21-10-2-1-3-11-21)35-32(37-33)22-18-19-27-25-14-5-4-12-23(25)24-13-6-7-15-26(24)29(27)20-22/h1-20H. The quantitative estimate of drug-likeness (QED) is 0.211. The van der Waals surface area contributed by atoms with Crippen molar-refractivity contribution in [3.05, 3.63) is 126 Å². The highest BCUT2D eigenvalue weighted by atomic mass is 79.9. The molecule has 174 valence electrons. The molecule has 0 aliphatic carbocycles. The van der Waals surface area contributed by atoms with E-state index in [1.165, 1.54) is 32.3 Å². The van der Waals surface area contributed by atoms with Crippen molar-refractivity contribution in [3.63, 3.8) is 0 Å². The Bertz CT molecular complexity index is 1910. The molecule has 0 saturated heterocycles. The van der Waals surface area contributed by atoms with E-state index in [2.05, 4.69) is 82.7 Å². The molecular weight excluding hydrogens is 518 g/mol. The van der Waals surface area contributed by atoms with E-state index < -0.39 is 0 Å². The summed E-state index contributed by atoms with van der Waals surface area (Å²) in [5.41, 5.74) is 2.85. The zero-order valence-corrected chi connectivity index (χ0v) is 21.4. The topological polar surface area (TPSA) is 38.7 Å². The number of rotatable bonds is 3. The monoisotopic (exact) mass is 537 g/mol. The van der Waals surface area contributed by atoms with Crippen LogP contribution in [0.3, 0.4) is 0 Å². The van der Waals surface area contributed by atoms with Gasteiger partial charge in [-0.15, -0.1) is 0 Å². The van der Waals surface area contributed by atoms with E-state index in [0.29, 0.717) is 17.5 Å². The van der Waals surface area contributed by atoms with Gasteiger partial charge in [-0.2, -0.15) is 0 Å². The molecule has 0 atom stereocenters. The van der Waals surface area contributed by atoms with E-state index in [0.717, 1.165) is 21.2 Å². The normalized spacial score (nSPS) is 11.4. The van der Waals surface area contributed by atoms with E-state index in [4.69, 9.17) is 15.0 Å². The zero-order valence-electron chi connectivity index (χ0n) is 19.8. The second-order valence-electron chi connectivity index (χ2n) is 9.00. The molecule has 1 heterocycles. The van der Waals surface area contributed by atoms with Crippen LogP contribution in [0, 0.1) is 0 Å². The van der Waals surface area contributed by atoms with Crippen LogP contribution in [0.2, 0.25) is 0 Å². The van der Waals surface area contributed by atoms with Crippen LogP contribution >= 0.6 is 15.9 Å². The molecule has 0 fully saturated rings. The van der Waals surface area contributed by atoms with Crippen molar-refractivity contribution >= 4 is 48.2 Å². The maximum atomic E-state index is 4.96. The highest BCUT2D eigenvalue weighted by Gasteiger charge is 2.15. The Morgan fingerprint density at radius 2 is 0.865 bits per heavy atom. The molecule has 6 aromatic carbocycles. The van der Waals surface area contributed by atoms with E-state index >= 15 is 0 Å². The molecule has 0 amide bonds. The first-order valence-electron chi connectivity index (χ1n) is 12.2. The average molecular weight is 538 g/mol. The lowest BCUT2D eigenvalue weighted by Crippen LogP contribution is -2.00. The van der Waals surface area contributed by atoms with Gasteiger partial charge in [0.15, 0.2) is 17.5 Å². The lowest BCUT2D eigenvalue weighted by Gasteiger charge is -2.13. The van der Waals surface area contributed by atoms with Crippen molar-refractivity contribution in [3.8, 4) is 34.2 Å². The molecule has 37 heavy (non-hydrogen) atoms. The molecule has 0 saturated carbocycles. The fraction of sp³-hybridized carbons (Fsp3) is 0. The molecule has 0 unspecified atom stereocenters. The third-order valence-corrected chi connectivity index (χ3v) is 7.48. The van der Waals surface area contributed by atoms with Crippen LogP contribution in [0.5, 0.6) is 0 Å². The zero-order chi connectivity index (χ0) is 24.8. The van der Waals surface area contributed by atoms with E-state index in [-0.39, 0.29) is 0 Å². The van der Waals surface area contributed by atoms with Gasteiger partial charge in [-0.3, -0.25) is 0 Å². The Hall–Kier alpha value is -4.41. The summed E-state index contributed by atoms with van der Waals surface area (Å²) in [5, 5.41) is 7.40. The highest BCUT2D eigenvalue weighted by molar-refractivity contribution is 9.10. The average Bonchev–Trinajstić information content (AvgIpc) is 2.97. The summed E-state index contributed by atoms with van der Waals surface area (Å²) in [4.78, 5) is 14.8. The molecular formula is C33H20BrN3. The van der Waals surface area contributed by atoms with Gasteiger partial charge in [-0.25, -0.2) is 15.0 Å². The largest absolute Gasteiger partial charge is 0.208 e. The second kappa shape index (κ2) is 8.91. The second-order valence-corrected chi connectivity index (χ2v) is 9.86. The van der Waals surface area contributed by atoms with Gasteiger partial charge in [0.05, 0.1) is 0 Å². The van der Waals surface area contributed by atoms with Crippen molar-refractivity contribution in [1.82, 2.24) is 15.0 Å². The minimum Gasteiger partial charge on any atom is -0.208 e. The van der Waals surface area contributed by atoms with Crippen LogP contribution in [0.1, 0.15) is 0 Å². The van der Waals surface area contributed by atoms with Crippen LogP contribution in [-0.4, -0.2) is 15.0 Å². The van der Waals surface area contributed by atoms with Gasteiger partial charge >= 0.3 is 0 Å². The predicted octanol–water partition coefficient (Wildman–Crippen LogP) is 9.09. The molecule has 7 aromatic rings. The van der Waals surface area contributed by atoms with Crippen LogP contribution in [-0.2, 0) is 0 Å². The van der Waals surface area contributed by atoms with Crippen molar-refractivity contribution in [2.75, 3.05) is 0 Å². The molecule has 0 N–H and O–H groups in total. The minimum atomic E-state index is 0.639. The van der Waals surface area contributed by atoms with Crippen LogP contribution in [0.15, 0.2) is 126 Å². The smallest absolute Gasteiger partial charge is 0.165 e. The van der Waals surface area contributed by atoms with Gasteiger partial charge in [0.25, 0.3) is 0 Å². The molecule has 0 aliphatic heterocycles. The summed E-state index contributed by atoms with van der Waals surface area (Å²) in [6.07, 6.45) is 0. The van der Waals surface area contributed by atoms with Crippen LogP contribution in [0.25, 0.3) is 66.5 Å². The first-order valence-corrected chi connectivity index (χ1v) is 13.0. The summed E-state index contributed by atoms with van der Waals surface area (Å²) in [6, 6.07) is 41.8. The molecule has 0 bridgehead atoms. The molecule has 7 rings (SSSR count). The maximum absolute atomic E-state index is 4.96. The number of hydrogen-bond acceptors (Lipinski definition) is 3. The number of halogens is 1. The lowest BCUT2D eigenvalue weighted by molar-refractivity contribution is 1.07. The number of aromatic nitrogens is 3. The summed E-state index contributed by atoms with van der Waals surface area (Å²) in [7, 11) is 0. The molecule has 0 radical (unpaired) electrons. The molecule has 4 heteroatoms. The summed E-state index contributed by atoms with van der Waals surface area (Å²) >= 11 is 3.68. The van der Waals surface area contributed by atoms with Gasteiger partial charge in [-0.1, -0.05) is 125 Å². The van der Waals surface area contributed by atoms with Gasteiger partial charge in [0.1, 0.15) is 0 Å². The fourth-order valence-corrected chi connectivity index (χ4v) is 5.49. The first-order chi connectivity index (χ1) is 18.3.